The molecule has 0 saturated heterocycles. The quantitative estimate of drug-likeness (QED) is 0.520. The first-order chi connectivity index (χ1) is 8.18. The lowest BCUT2D eigenvalue weighted by molar-refractivity contribution is 0.523. The van der Waals surface area contributed by atoms with Crippen molar-refractivity contribution in [1.82, 2.24) is 0 Å². The molecule has 2 heteroatoms. The molecule has 0 amide bonds. The van der Waals surface area contributed by atoms with Gasteiger partial charge in [-0.25, -0.2) is 0 Å². The number of benzene rings is 1. The Balaban J connectivity index is 2.01. The van der Waals surface area contributed by atoms with E-state index in [1.807, 2.05) is 18.2 Å². The molecular weight excluding hydrogens is 208 g/mol. The zero-order valence-electron chi connectivity index (χ0n) is 11.2. The van der Waals surface area contributed by atoms with Crippen molar-refractivity contribution >= 4 is 11.4 Å². The Kier molecular flexibility index (Phi) is 6.53. The predicted molar refractivity (Wildman–Crippen MR) is 77.3 cm³/mol. The van der Waals surface area contributed by atoms with E-state index in [0.717, 1.165) is 23.8 Å². The Morgan fingerprint density at radius 2 is 1.88 bits per heavy atom. The first-order valence-electron chi connectivity index (χ1n) is 6.78. The molecule has 0 radical (unpaired) electrons. The first kappa shape index (κ1) is 13.9. The average molecular weight is 234 g/mol. The van der Waals surface area contributed by atoms with Gasteiger partial charge in [0.2, 0.25) is 0 Å². The second kappa shape index (κ2) is 7.99. The highest BCUT2D eigenvalue weighted by molar-refractivity contribution is 5.53. The number of hydrogen-bond acceptors (Lipinski definition) is 2. The molecule has 0 bridgehead atoms. The van der Waals surface area contributed by atoms with E-state index in [4.69, 9.17) is 5.73 Å². The summed E-state index contributed by atoms with van der Waals surface area (Å²) in [6.45, 7) is 5.63. The number of anilines is 2. The van der Waals surface area contributed by atoms with Gasteiger partial charge in [-0.2, -0.15) is 0 Å². The van der Waals surface area contributed by atoms with Crippen LogP contribution in [0, 0.1) is 5.92 Å². The van der Waals surface area contributed by atoms with Crippen molar-refractivity contribution in [3.63, 3.8) is 0 Å². The van der Waals surface area contributed by atoms with E-state index < -0.39 is 0 Å². The van der Waals surface area contributed by atoms with Gasteiger partial charge in [-0.1, -0.05) is 45.6 Å². The van der Waals surface area contributed by atoms with Crippen LogP contribution in [0.2, 0.25) is 0 Å². The summed E-state index contributed by atoms with van der Waals surface area (Å²) >= 11 is 0. The Bertz CT molecular complexity index is 308. The third-order valence-corrected chi connectivity index (χ3v) is 2.92. The van der Waals surface area contributed by atoms with Crippen LogP contribution in [0.4, 0.5) is 11.4 Å². The minimum Gasteiger partial charge on any atom is -0.399 e. The molecule has 0 aliphatic rings. The fourth-order valence-electron chi connectivity index (χ4n) is 1.91. The second-order valence-corrected chi connectivity index (χ2v) is 5.15. The molecule has 0 atom stereocenters. The van der Waals surface area contributed by atoms with Gasteiger partial charge in [0.25, 0.3) is 0 Å². The highest BCUT2D eigenvalue weighted by Crippen LogP contribution is 2.13. The second-order valence-electron chi connectivity index (χ2n) is 5.15. The molecule has 0 unspecified atom stereocenters. The van der Waals surface area contributed by atoms with Gasteiger partial charge in [0.1, 0.15) is 0 Å². The van der Waals surface area contributed by atoms with Gasteiger partial charge in [-0.3, -0.25) is 0 Å². The number of rotatable bonds is 8. The topological polar surface area (TPSA) is 38.0 Å². The maximum atomic E-state index is 5.72. The van der Waals surface area contributed by atoms with Gasteiger partial charge < -0.3 is 11.1 Å². The van der Waals surface area contributed by atoms with Crippen LogP contribution in [0.25, 0.3) is 0 Å². The van der Waals surface area contributed by atoms with Crippen LogP contribution in [0.15, 0.2) is 24.3 Å². The molecule has 17 heavy (non-hydrogen) atoms. The molecule has 0 aliphatic carbocycles. The molecule has 96 valence electrons. The number of hydrogen-bond donors (Lipinski definition) is 2. The van der Waals surface area contributed by atoms with Gasteiger partial charge in [-0.15, -0.1) is 0 Å². The lowest BCUT2D eigenvalue weighted by Crippen LogP contribution is -2.01. The van der Waals surface area contributed by atoms with Crippen LogP contribution < -0.4 is 11.1 Å². The molecule has 0 aliphatic heterocycles. The van der Waals surface area contributed by atoms with Gasteiger partial charge >= 0.3 is 0 Å². The van der Waals surface area contributed by atoms with E-state index in [-0.39, 0.29) is 0 Å². The van der Waals surface area contributed by atoms with Crippen molar-refractivity contribution in [1.29, 1.82) is 0 Å². The summed E-state index contributed by atoms with van der Waals surface area (Å²) in [7, 11) is 0. The first-order valence-corrected chi connectivity index (χ1v) is 6.78. The third-order valence-electron chi connectivity index (χ3n) is 2.92. The lowest BCUT2D eigenvalue weighted by atomic mass is 10.0. The minimum atomic E-state index is 0.826. The summed E-state index contributed by atoms with van der Waals surface area (Å²) in [4.78, 5) is 0. The molecule has 0 fully saturated rings. The van der Waals surface area contributed by atoms with E-state index in [9.17, 15) is 0 Å². The Hall–Kier alpha value is -1.18. The predicted octanol–water partition coefficient (Wildman–Crippen LogP) is 4.29. The number of nitrogens with one attached hydrogen (secondary N) is 1. The maximum absolute atomic E-state index is 5.72. The van der Waals surface area contributed by atoms with Crippen molar-refractivity contribution in [3.8, 4) is 0 Å². The van der Waals surface area contributed by atoms with Gasteiger partial charge in [0, 0.05) is 17.9 Å². The zero-order chi connectivity index (χ0) is 12.5. The summed E-state index contributed by atoms with van der Waals surface area (Å²) in [6, 6.07) is 7.95. The standard InChI is InChI=1S/C15H26N2/c1-13(2)8-5-3-4-6-11-17-15-10-7-9-14(16)12-15/h7,9-10,12-13,17H,3-6,8,11,16H2,1-2H3. The molecule has 1 rings (SSSR count). The van der Waals surface area contributed by atoms with Crippen LogP contribution in [0.3, 0.4) is 0 Å². The van der Waals surface area contributed by atoms with Crippen LogP contribution in [-0.2, 0) is 0 Å². The molecular formula is C15H26N2. The van der Waals surface area contributed by atoms with Crippen LogP contribution in [0.1, 0.15) is 46.0 Å². The van der Waals surface area contributed by atoms with Gasteiger partial charge in [0.15, 0.2) is 0 Å². The summed E-state index contributed by atoms with van der Waals surface area (Å²) in [5, 5.41) is 3.41. The van der Waals surface area contributed by atoms with E-state index in [1.165, 1.54) is 32.1 Å². The van der Waals surface area contributed by atoms with Gasteiger partial charge in [-0.05, 0) is 30.5 Å². The Labute approximate surface area is 106 Å². The number of nitrogens with two attached hydrogens (primary N) is 1. The number of unbranched alkanes of at least 4 members (excludes halogenated alkanes) is 3. The lowest BCUT2D eigenvalue weighted by Gasteiger charge is -2.07. The summed E-state index contributed by atoms with van der Waals surface area (Å²) < 4.78 is 0. The van der Waals surface area contributed by atoms with E-state index in [1.54, 1.807) is 0 Å². The molecule has 0 aromatic heterocycles. The molecule has 1 aromatic rings. The molecule has 0 heterocycles. The average Bonchev–Trinajstić information content (AvgIpc) is 2.27. The molecule has 0 spiro atoms. The van der Waals surface area contributed by atoms with Crippen LogP contribution in [-0.4, -0.2) is 6.54 Å². The van der Waals surface area contributed by atoms with Crippen molar-refractivity contribution in [2.24, 2.45) is 5.92 Å². The zero-order valence-corrected chi connectivity index (χ0v) is 11.2. The normalized spacial score (nSPS) is 10.8. The monoisotopic (exact) mass is 234 g/mol. The van der Waals surface area contributed by atoms with Crippen molar-refractivity contribution in [3.05, 3.63) is 24.3 Å². The van der Waals surface area contributed by atoms with Crippen molar-refractivity contribution in [2.45, 2.75) is 46.0 Å². The maximum Gasteiger partial charge on any atom is 0.0360 e. The highest BCUT2D eigenvalue weighted by Gasteiger charge is 1.95. The minimum absolute atomic E-state index is 0.826. The summed E-state index contributed by atoms with van der Waals surface area (Å²) in [5.74, 6) is 0.848. The highest BCUT2D eigenvalue weighted by atomic mass is 14.9. The molecule has 3 N–H and O–H groups in total. The fourth-order valence-corrected chi connectivity index (χ4v) is 1.91. The van der Waals surface area contributed by atoms with E-state index >= 15 is 0 Å². The van der Waals surface area contributed by atoms with Crippen LogP contribution >= 0.6 is 0 Å². The number of nitrogen functional groups attached to an aromatic ring is 1. The smallest absolute Gasteiger partial charge is 0.0360 e. The van der Waals surface area contributed by atoms with E-state index in [2.05, 4.69) is 25.2 Å². The van der Waals surface area contributed by atoms with E-state index in [0.29, 0.717) is 0 Å². The Morgan fingerprint density at radius 1 is 1.12 bits per heavy atom. The summed E-state index contributed by atoms with van der Waals surface area (Å²) in [6.07, 6.45) is 6.66. The molecule has 2 nitrogen and oxygen atoms in total. The fraction of sp³-hybridized carbons (Fsp3) is 0.600. The van der Waals surface area contributed by atoms with Crippen LogP contribution in [0.5, 0.6) is 0 Å². The largest absolute Gasteiger partial charge is 0.399 e. The third kappa shape index (κ3) is 6.88. The molecule has 1 aromatic carbocycles. The van der Waals surface area contributed by atoms with Crippen molar-refractivity contribution in [2.75, 3.05) is 17.6 Å². The van der Waals surface area contributed by atoms with Crippen molar-refractivity contribution < 1.29 is 0 Å². The summed E-state index contributed by atoms with van der Waals surface area (Å²) in [5.41, 5.74) is 7.67. The van der Waals surface area contributed by atoms with Gasteiger partial charge in [0.05, 0.1) is 0 Å². The molecule has 0 saturated carbocycles. The SMILES string of the molecule is CC(C)CCCCCCNc1cccc(N)c1. The Morgan fingerprint density at radius 3 is 2.59 bits per heavy atom.